The molecule has 0 atom stereocenters. The molecule has 30 heavy (non-hydrogen) atoms. The van der Waals surface area contributed by atoms with E-state index in [1.807, 2.05) is 24.3 Å². The quantitative estimate of drug-likeness (QED) is 0.489. The Kier molecular flexibility index (Phi) is 4.36. The molecule has 1 aliphatic rings. The monoisotopic (exact) mass is 396 g/mol. The summed E-state index contributed by atoms with van der Waals surface area (Å²) in [5.41, 5.74) is 3.07. The van der Waals surface area contributed by atoms with Crippen molar-refractivity contribution in [3.05, 3.63) is 94.9 Å². The zero-order valence-electron chi connectivity index (χ0n) is 15.8. The van der Waals surface area contributed by atoms with Crippen molar-refractivity contribution >= 4 is 17.4 Å². The number of fused-ring (bicyclic) bond motifs is 2. The van der Waals surface area contributed by atoms with E-state index in [4.69, 9.17) is 4.98 Å². The Bertz CT molecular complexity index is 1290. The molecule has 1 aromatic carbocycles. The summed E-state index contributed by atoms with van der Waals surface area (Å²) in [4.78, 5) is 44.5. The maximum absolute atomic E-state index is 13.0. The van der Waals surface area contributed by atoms with Gasteiger partial charge in [0.25, 0.3) is 5.56 Å². The molecule has 0 N–H and O–H groups in total. The fourth-order valence-corrected chi connectivity index (χ4v) is 3.53. The number of anilines is 2. The van der Waals surface area contributed by atoms with Crippen LogP contribution in [-0.4, -0.2) is 36.8 Å². The van der Waals surface area contributed by atoms with E-state index < -0.39 is 0 Å². The standard InChI is InChI=1S/C22H16N6O2/c29-20(15-5-3-8-23-11-15)13-27-19-6-2-1-4-16(19)12-28-21(30)10-18(26-22(27)28)17-7-9-24-14-25-17/h1-11,14H,12-13H2. The van der Waals surface area contributed by atoms with Crippen molar-refractivity contribution in [3.8, 4) is 11.4 Å². The smallest absolute Gasteiger partial charge is 0.255 e. The third-order valence-electron chi connectivity index (χ3n) is 4.97. The molecule has 0 aliphatic carbocycles. The number of nitrogens with zero attached hydrogens (tertiary/aromatic N) is 6. The second kappa shape index (κ2) is 7.32. The van der Waals surface area contributed by atoms with Crippen molar-refractivity contribution in [2.75, 3.05) is 11.4 Å². The van der Waals surface area contributed by atoms with Gasteiger partial charge < -0.3 is 4.90 Å². The molecule has 0 radical (unpaired) electrons. The minimum Gasteiger partial charge on any atom is -0.304 e. The number of hydrogen-bond acceptors (Lipinski definition) is 7. The first-order valence-electron chi connectivity index (χ1n) is 9.37. The van der Waals surface area contributed by atoms with E-state index in [0.717, 1.165) is 11.3 Å². The Morgan fingerprint density at radius 1 is 1.00 bits per heavy atom. The summed E-state index contributed by atoms with van der Waals surface area (Å²) in [5.74, 6) is 0.292. The van der Waals surface area contributed by atoms with Crippen LogP contribution in [0.2, 0.25) is 0 Å². The summed E-state index contributed by atoms with van der Waals surface area (Å²) in [5, 5.41) is 0. The van der Waals surface area contributed by atoms with Crippen LogP contribution in [0, 0.1) is 0 Å². The van der Waals surface area contributed by atoms with Gasteiger partial charge in [-0.05, 0) is 29.8 Å². The number of benzene rings is 1. The summed E-state index contributed by atoms with van der Waals surface area (Å²) in [7, 11) is 0. The Hall–Kier alpha value is -4.20. The predicted octanol–water partition coefficient (Wildman–Crippen LogP) is 2.48. The van der Waals surface area contributed by atoms with Gasteiger partial charge in [-0.2, -0.15) is 0 Å². The second-order valence-corrected chi connectivity index (χ2v) is 6.84. The maximum atomic E-state index is 13.0. The van der Waals surface area contributed by atoms with Crippen molar-refractivity contribution < 1.29 is 4.79 Å². The highest BCUT2D eigenvalue weighted by atomic mass is 16.1. The van der Waals surface area contributed by atoms with Crippen LogP contribution in [0.5, 0.6) is 0 Å². The molecule has 8 heteroatoms. The number of Topliss-reactive ketones (excluding diaryl/α,β-unsaturated/α-hetero) is 1. The number of hydrogen-bond donors (Lipinski definition) is 0. The molecule has 0 bridgehead atoms. The second-order valence-electron chi connectivity index (χ2n) is 6.84. The summed E-state index contributed by atoms with van der Waals surface area (Å²) in [6.07, 6.45) is 6.17. The van der Waals surface area contributed by atoms with Gasteiger partial charge in [0.2, 0.25) is 5.95 Å². The lowest BCUT2D eigenvalue weighted by Crippen LogP contribution is -2.37. The number of ketones is 1. The lowest BCUT2D eigenvalue weighted by Gasteiger charge is -2.32. The Morgan fingerprint density at radius 3 is 2.70 bits per heavy atom. The van der Waals surface area contributed by atoms with Gasteiger partial charge in [-0.1, -0.05) is 18.2 Å². The van der Waals surface area contributed by atoms with E-state index >= 15 is 0 Å². The number of aromatic nitrogens is 5. The highest BCUT2D eigenvalue weighted by molar-refractivity contribution is 6.00. The molecule has 0 unspecified atom stereocenters. The topological polar surface area (TPSA) is 93.9 Å². The van der Waals surface area contributed by atoms with Gasteiger partial charge in [0, 0.05) is 35.9 Å². The molecular formula is C22H16N6O2. The van der Waals surface area contributed by atoms with Crippen LogP contribution >= 0.6 is 0 Å². The Morgan fingerprint density at radius 2 is 1.90 bits per heavy atom. The Balaban J connectivity index is 1.64. The van der Waals surface area contributed by atoms with Gasteiger partial charge in [-0.3, -0.25) is 19.1 Å². The minimum absolute atomic E-state index is 0.0301. The van der Waals surface area contributed by atoms with Crippen LogP contribution in [0.15, 0.2) is 78.2 Å². The summed E-state index contributed by atoms with van der Waals surface area (Å²) >= 11 is 0. The van der Waals surface area contributed by atoms with Crippen molar-refractivity contribution in [2.45, 2.75) is 6.54 Å². The third-order valence-corrected chi connectivity index (χ3v) is 4.97. The van der Waals surface area contributed by atoms with Crippen LogP contribution in [0.25, 0.3) is 11.4 Å². The molecule has 0 saturated carbocycles. The van der Waals surface area contributed by atoms with Gasteiger partial charge in [0.1, 0.15) is 6.33 Å². The average Bonchev–Trinajstić information content (AvgIpc) is 2.80. The number of carbonyl (C=O) groups excluding carboxylic acids is 1. The van der Waals surface area contributed by atoms with Gasteiger partial charge in [-0.15, -0.1) is 0 Å². The van der Waals surface area contributed by atoms with Gasteiger partial charge in [0.05, 0.1) is 24.5 Å². The zero-order valence-corrected chi connectivity index (χ0v) is 15.8. The molecule has 4 aromatic rings. The summed E-state index contributed by atoms with van der Waals surface area (Å²) < 4.78 is 1.57. The lowest BCUT2D eigenvalue weighted by atomic mass is 10.1. The molecule has 3 aromatic heterocycles. The number of para-hydroxylation sites is 1. The van der Waals surface area contributed by atoms with Crippen molar-refractivity contribution in [2.24, 2.45) is 0 Å². The fourth-order valence-electron chi connectivity index (χ4n) is 3.53. The molecule has 4 heterocycles. The van der Waals surface area contributed by atoms with E-state index in [1.54, 1.807) is 40.1 Å². The predicted molar refractivity (Wildman–Crippen MR) is 111 cm³/mol. The van der Waals surface area contributed by atoms with E-state index in [0.29, 0.717) is 29.4 Å². The SMILES string of the molecule is O=C(CN1c2ccccc2Cn2c1nc(-c1ccncn1)cc2=O)c1cccnc1. The van der Waals surface area contributed by atoms with Crippen molar-refractivity contribution in [1.82, 2.24) is 24.5 Å². The summed E-state index contributed by atoms with van der Waals surface area (Å²) in [6, 6.07) is 14.3. The number of rotatable bonds is 4. The maximum Gasteiger partial charge on any atom is 0.255 e. The van der Waals surface area contributed by atoms with E-state index in [-0.39, 0.29) is 17.9 Å². The van der Waals surface area contributed by atoms with Gasteiger partial charge in [0.15, 0.2) is 5.78 Å². The third kappa shape index (κ3) is 3.14. The Labute approximate surface area is 171 Å². The molecule has 0 saturated heterocycles. The molecular weight excluding hydrogens is 380 g/mol. The molecule has 146 valence electrons. The molecule has 8 nitrogen and oxygen atoms in total. The molecule has 0 amide bonds. The zero-order chi connectivity index (χ0) is 20.5. The molecule has 0 spiro atoms. The average molecular weight is 396 g/mol. The van der Waals surface area contributed by atoms with Crippen LogP contribution in [0.3, 0.4) is 0 Å². The fraction of sp³-hybridized carbons (Fsp3) is 0.0909. The first-order valence-corrected chi connectivity index (χ1v) is 9.37. The number of pyridine rings is 1. The highest BCUT2D eigenvalue weighted by Gasteiger charge is 2.27. The van der Waals surface area contributed by atoms with E-state index in [2.05, 4.69) is 15.0 Å². The highest BCUT2D eigenvalue weighted by Crippen LogP contribution is 2.33. The largest absolute Gasteiger partial charge is 0.304 e. The molecule has 0 fully saturated rings. The summed E-state index contributed by atoms with van der Waals surface area (Å²) in [6.45, 7) is 0.418. The van der Waals surface area contributed by atoms with E-state index in [1.165, 1.54) is 18.6 Å². The van der Waals surface area contributed by atoms with E-state index in [9.17, 15) is 9.59 Å². The van der Waals surface area contributed by atoms with Crippen LogP contribution < -0.4 is 10.5 Å². The van der Waals surface area contributed by atoms with Crippen LogP contribution in [0.1, 0.15) is 15.9 Å². The number of carbonyl (C=O) groups is 1. The lowest BCUT2D eigenvalue weighted by molar-refractivity contribution is 0.100. The van der Waals surface area contributed by atoms with Crippen molar-refractivity contribution in [1.29, 1.82) is 0 Å². The first kappa shape index (κ1) is 17.9. The van der Waals surface area contributed by atoms with Crippen LogP contribution in [0.4, 0.5) is 11.6 Å². The van der Waals surface area contributed by atoms with Crippen molar-refractivity contribution in [3.63, 3.8) is 0 Å². The molecule has 1 aliphatic heterocycles. The molecule has 5 rings (SSSR count). The van der Waals surface area contributed by atoms with Crippen LogP contribution in [-0.2, 0) is 6.54 Å². The van der Waals surface area contributed by atoms with Gasteiger partial charge >= 0.3 is 0 Å². The normalized spacial score (nSPS) is 12.2. The van der Waals surface area contributed by atoms with Gasteiger partial charge in [-0.25, -0.2) is 15.0 Å². The minimum atomic E-state index is -0.207. The first-order chi connectivity index (χ1) is 14.7.